The van der Waals surface area contributed by atoms with Crippen LogP contribution in [0, 0.1) is 5.92 Å². The Hall–Kier alpha value is -0.570. The molecule has 0 spiro atoms. The number of rotatable bonds is 2. The lowest BCUT2D eigenvalue weighted by Crippen LogP contribution is -2.28. The molecule has 1 aliphatic rings. The predicted molar refractivity (Wildman–Crippen MR) is 66.7 cm³/mol. The largest absolute Gasteiger partial charge is 0.343 e. The first-order valence-corrected chi connectivity index (χ1v) is 6.05. The van der Waals surface area contributed by atoms with Gasteiger partial charge in [0.05, 0.1) is 0 Å². The van der Waals surface area contributed by atoms with Crippen LogP contribution in [0.3, 0.4) is 0 Å². The Morgan fingerprint density at radius 2 is 1.60 bits per heavy atom. The van der Waals surface area contributed by atoms with Crippen molar-refractivity contribution in [2.75, 3.05) is 20.1 Å². The summed E-state index contributed by atoms with van der Waals surface area (Å²) in [6.45, 7) is 10.2. The quantitative estimate of drug-likeness (QED) is 0.769. The lowest BCUT2D eigenvalue weighted by molar-refractivity contribution is -0.130. The maximum Gasteiger partial charge on any atom is 0.222 e. The second-order valence-corrected chi connectivity index (χ2v) is 3.69. The summed E-state index contributed by atoms with van der Waals surface area (Å²) in [5.41, 5.74) is 4.50. The maximum atomic E-state index is 11.4. The number of amides is 1. The molecule has 0 aromatic heterocycles. The normalized spacial score (nSPS) is 13.9. The fraction of sp³-hybridized carbons (Fsp3) is 0.917. The standard InChI is InChI=1S/C9H17NO.C2H6.CH5N/c1-8(2)7-9(11)10-5-3-4-6-10;2*1-2/h8H,3-7H2,1-2H3;1-2H3;2H2,1H3. The summed E-state index contributed by atoms with van der Waals surface area (Å²) in [5, 5.41) is 0. The highest BCUT2D eigenvalue weighted by atomic mass is 16.2. The van der Waals surface area contributed by atoms with Crippen LogP contribution in [0.4, 0.5) is 0 Å². The Morgan fingerprint density at radius 3 is 1.93 bits per heavy atom. The van der Waals surface area contributed by atoms with Crippen LogP contribution in [0.25, 0.3) is 0 Å². The van der Waals surface area contributed by atoms with E-state index in [-0.39, 0.29) is 0 Å². The summed E-state index contributed by atoms with van der Waals surface area (Å²) in [7, 11) is 1.50. The smallest absolute Gasteiger partial charge is 0.222 e. The van der Waals surface area contributed by atoms with Gasteiger partial charge in [0.2, 0.25) is 5.91 Å². The lowest BCUT2D eigenvalue weighted by Gasteiger charge is -2.16. The first-order chi connectivity index (χ1) is 7.20. The molecule has 1 amide bonds. The Balaban J connectivity index is 0. The molecule has 0 saturated carbocycles. The van der Waals surface area contributed by atoms with E-state index in [0.29, 0.717) is 11.8 Å². The van der Waals surface area contributed by atoms with Crippen LogP contribution in [0.5, 0.6) is 0 Å². The van der Waals surface area contributed by atoms with Crippen molar-refractivity contribution in [2.45, 2.75) is 47.0 Å². The van der Waals surface area contributed by atoms with Crippen LogP contribution in [-0.2, 0) is 4.79 Å². The van der Waals surface area contributed by atoms with E-state index in [0.717, 1.165) is 19.5 Å². The number of nitrogens with two attached hydrogens (primary N) is 1. The van der Waals surface area contributed by atoms with Crippen molar-refractivity contribution in [1.29, 1.82) is 0 Å². The Kier molecular flexibility index (Phi) is 12.9. The number of hydrogen-bond acceptors (Lipinski definition) is 2. The Labute approximate surface area is 95.0 Å². The van der Waals surface area contributed by atoms with E-state index in [1.54, 1.807) is 0 Å². The van der Waals surface area contributed by atoms with E-state index in [1.807, 2.05) is 18.7 Å². The van der Waals surface area contributed by atoms with Gasteiger partial charge in [0.1, 0.15) is 0 Å². The van der Waals surface area contributed by atoms with Crippen molar-refractivity contribution in [2.24, 2.45) is 11.7 Å². The highest BCUT2D eigenvalue weighted by Gasteiger charge is 2.17. The highest BCUT2D eigenvalue weighted by molar-refractivity contribution is 5.76. The molecule has 0 radical (unpaired) electrons. The lowest BCUT2D eigenvalue weighted by atomic mass is 10.1. The van der Waals surface area contributed by atoms with Gasteiger partial charge in [-0.1, -0.05) is 27.7 Å². The molecule has 1 aliphatic heterocycles. The third kappa shape index (κ3) is 8.43. The van der Waals surface area contributed by atoms with E-state index < -0.39 is 0 Å². The van der Waals surface area contributed by atoms with E-state index >= 15 is 0 Å². The van der Waals surface area contributed by atoms with Gasteiger partial charge in [0, 0.05) is 19.5 Å². The summed E-state index contributed by atoms with van der Waals surface area (Å²) >= 11 is 0. The van der Waals surface area contributed by atoms with Crippen molar-refractivity contribution >= 4 is 5.91 Å². The van der Waals surface area contributed by atoms with E-state index in [4.69, 9.17) is 0 Å². The van der Waals surface area contributed by atoms with E-state index in [2.05, 4.69) is 19.6 Å². The molecule has 1 saturated heterocycles. The molecule has 2 N–H and O–H groups in total. The SMILES string of the molecule is CC.CC(C)CC(=O)N1CCCC1.CN. The number of carbonyl (C=O) groups excluding carboxylic acids is 1. The molecule has 0 bridgehead atoms. The van der Waals surface area contributed by atoms with Crippen LogP contribution >= 0.6 is 0 Å². The monoisotopic (exact) mass is 216 g/mol. The first kappa shape index (κ1) is 16.8. The van der Waals surface area contributed by atoms with Gasteiger partial charge < -0.3 is 10.6 Å². The minimum Gasteiger partial charge on any atom is -0.343 e. The predicted octanol–water partition coefficient (Wildman–Crippen LogP) is 2.26. The fourth-order valence-corrected chi connectivity index (χ4v) is 1.44. The summed E-state index contributed by atoms with van der Waals surface area (Å²) in [4.78, 5) is 13.4. The fourth-order valence-electron chi connectivity index (χ4n) is 1.44. The molecular weight excluding hydrogens is 188 g/mol. The zero-order valence-corrected chi connectivity index (χ0v) is 11.0. The van der Waals surface area contributed by atoms with Gasteiger partial charge in [0.15, 0.2) is 0 Å². The molecule has 92 valence electrons. The topological polar surface area (TPSA) is 46.3 Å². The number of likely N-dealkylation sites (tertiary alicyclic amines) is 1. The molecule has 3 heteroatoms. The average molecular weight is 216 g/mol. The van der Waals surface area contributed by atoms with Gasteiger partial charge in [-0.2, -0.15) is 0 Å². The first-order valence-electron chi connectivity index (χ1n) is 6.05. The second-order valence-electron chi connectivity index (χ2n) is 3.69. The molecule has 15 heavy (non-hydrogen) atoms. The third-order valence-corrected chi connectivity index (χ3v) is 2.04. The molecular formula is C12H28N2O. The maximum absolute atomic E-state index is 11.4. The molecule has 1 rings (SSSR count). The molecule has 1 fully saturated rings. The zero-order valence-electron chi connectivity index (χ0n) is 11.0. The summed E-state index contributed by atoms with van der Waals surface area (Å²) < 4.78 is 0. The summed E-state index contributed by atoms with van der Waals surface area (Å²) in [6, 6.07) is 0. The Bertz CT molecular complexity index is 141. The van der Waals surface area contributed by atoms with E-state index in [9.17, 15) is 4.79 Å². The minimum absolute atomic E-state index is 0.345. The summed E-state index contributed by atoms with van der Waals surface area (Å²) in [6.07, 6.45) is 3.12. The van der Waals surface area contributed by atoms with Crippen molar-refractivity contribution < 1.29 is 4.79 Å². The number of hydrogen-bond donors (Lipinski definition) is 1. The number of nitrogens with zero attached hydrogens (tertiary/aromatic N) is 1. The molecule has 1 heterocycles. The van der Waals surface area contributed by atoms with Gasteiger partial charge in [-0.05, 0) is 25.8 Å². The number of carbonyl (C=O) groups is 1. The van der Waals surface area contributed by atoms with Gasteiger partial charge in [-0.3, -0.25) is 4.79 Å². The van der Waals surface area contributed by atoms with Crippen molar-refractivity contribution in [3.8, 4) is 0 Å². The highest BCUT2D eigenvalue weighted by Crippen LogP contribution is 2.11. The van der Waals surface area contributed by atoms with Gasteiger partial charge >= 0.3 is 0 Å². The van der Waals surface area contributed by atoms with Crippen molar-refractivity contribution in [3.63, 3.8) is 0 Å². The average Bonchev–Trinajstić information content (AvgIpc) is 2.76. The van der Waals surface area contributed by atoms with Crippen LogP contribution < -0.4 is 5.73 Å². The van der Waals surface area contributed by atoms with Gasteiger partial charge in [0.25, 0.3) is 0 Å². The van der Waals surface area contributed by atoms with Crippen LogP contribution in [0.2, 0.25) is 0 Å². The molecule has 0 aliphatic carbocycles. The molecule has 0 aromatic carbocycles. The van der Waals surface area contributed by atoms with Crippen molar-refractivity contribution in [3.05, 3.63) is 0 Å². The van der Waals surface area contributed by atoms with Gasteiger partial charge in [-0.25, -0.2) is 0 Å². The van der Waals surface area contributed by atoms with Crippen LogP contribution in [0.15, 0.2) is 0 Å². The Morgan fingerprint density at radius 1 is 1.20 bits per heavy atom. The van der Waals surface area contributed by atoms with Crippen molar-refractivity contribution in [1.82, 2.24) is 4.90 Å². The molecule has 0 unspecified atom stereocenters. The second kappa shape index (κ2) is 11.5. The minimum atomic E-state index is 0.345. The van der Waals surface area contributed by atoms with Crippen LogP contribution in [0.1, 0.15) is 47.0 Å². The van der Waals surface area contributed by atoms with Gasteiger partial charge in [-0.15, -0.1) is 0 Å². The van der Waals surface area contributed by atoms with E-state index in [1.165, 1.54) is 19.9 Å². The molecule has 0 atom stereocenters. The molecule has 3 nitrogen and oxygen atoms in total. The van der Waals surface area contributed by atoms with Crippen LogP contribution in [-0.4, -0.2) is 30.9 Å². The third-order valence-electron chi connectivity index (χ3n) is 2.04. The zero-order chi connectivity index (χ0) is 12.3. The summed E-state index contributed by atoms with van der Waals surface area (Å²) in [5.74, 6) is 0.848. The molecule has 0 aromatic rings.